The highest BCUT2D eigenvalue weighted by Crippen LogP contribution is 2.39. The molecular weight excluding hydrogens is 484 g/mol. The van der Waals surface area contributed by atoms with Crippen molar-refractivity contribution in [2.24, 2.45) is 4.99 Å². The van der Waals surface area contributed by atoms with Crippen molar-refractivity contribution in [2.75, 3.05) is 7.11 Å². The number of esters is 1. The first-order chi connectivity index (χ1) is 17.8. The Labute approximate surface area is 219 Å². The van der Waals surface area contributed by atoms with Crippen LogP contribution in [0.3, 0.4) is 0 Å². The van der Waals surface area contributed by atoms with Gasteiger partial charge in [-0.25, -0.2) is 0 Å². The molecule has 0 amide bonds. The Kier molecular flexibility index (Phi) is 6.60. The molecule has 0 unspecified atom stereocenters. The summed E-state index contributed by atoms with van der Waals surface area (Å²) in [6, 6.07) is 15.4. The Morgan fingerprint density at radius 1 is 1.00 bits per heavy atom. The lowest BCUT2D eigenvalue weighted by molar-refractivity contribution is -0.141. The SMILES string of the molecule is CCC(=O)c1cccc(-c2ccc(C3=N[C@@H](CC(=O)OC)c4nnc(C)n4-c4sc(C)c(C)c43)cc2)c1. The quantitative estimate of drug-likeness (QED) is 0.235. The van der Waals surface area contributed by atoms with Crippen LogP contribution in [0.15, 0.2) is 53.5 Å². The summed E-state index contributed by atoms with van der Waals surface area (Å²) in [6.45, 7) is 7.99. The molecule has 2 aromatic heterocycles. The van der Waals surface area contributed by atoms with Gasteiger partial charge in [0.05, 0.1) is 19.2 Å². The van der Waals surface area contributed by atoms with Gasteiger partial charge in [0.2, 0.25) is 0 Å². The largest absolute Gasteiger partial charge is 0.469 e. The summed E-state index contributed by atoms with van der Waals surface area (Å²) in [5.74, 6) is 1.16. The molecule has 1 atom stereocenters. The summed E-state index contributed by atoms with van der Waals surface area (Å²) in [7, 11) is 1.38. The topological polar surface area (TPSA) is 86.4 Å². The number of nitrogens with zero attached hydrogens (tertiary/aromatic N) is 4. The average Bonchev–Trinajstić information content (AvgIpc) is 3.40. The molecule has 0 bridgehead atoms. The number of rotatable bonds is 6. The summed E-state index contributed by atoms with van der Waals surface area (Å²) in [6.07, 6.45) is 0.546. The molecular formula is C29H28N4O3S. The van der Waals surface area contributed by atoms with Gasteiger partial charge in [0.1, 0.15) is 16.9 Å². The maximum atomic E-state index is 12.3. The summed E-state index contributed by atoms with van der Waals surface area (Å²) < 4.78 is 6.99. The van der Waals surface area contributed by atoms with E-state index in [0.717, 1.165) is 49.9 Å². The van der Waals surface area contributed by atoms with E-state index in [1.807, 2.05) is 66.9 Å². The first kappa shape index (κ1) is 24.8. The number of hydrogen-bond donors (Lipinski definition) is 0. The minimum absolute atomic E-state index is 0.0709. The Morgan fingerprint density at radius 2 is 1.73 bits per heavy atom. The van der Waals surface area contributed by atoms with Crippen LogP contribution in [-0.4, -0.2) is 39.3 Å². The number of carbonyl (C=O) groups excluding carboxylic acids is 2. The highest BCUT2D eigenvalue weighted by Gasteiger charge is 2.32. The molecule has 0 N–H and O–H groups in total. The molecule has 0 spiro atoms. The van der Waals surface area contributed by atoms with Gasteiger partial charge in [0.15, 0.2) is 11.6 Å². The fraction of sp³-hybridized carbons (Fsp3) is 0.276. The number of ether oxygens (including phenoxy) is 1. The minimum atomic E-state index is -0.528. The van der Waals surface area contributed by atoms with Crippen molar-refractivity contribution >= 4 is 28.8 Å². The van der Waals surface area contributed by atoms with Crippen LogP contribution in [0, 0.1) is 20.8 Å². The van der Waals surface area contributed by atoms with Crippen LogP contribution in [0.2, 0.25) is 0 Å². The van der Waals surface area contributed by atoms with Crippen molar-refractivity contribution in [3.05, 3.63) is 87.3 Å². The summed E-state index contributed by atoms with van der Waals surface area (Å²) in [4.78, 5) is 30.8. The van der Waals surface area contributed by atoms with Gasteiger partial charge in [0, 0.05) is 28.0 Å². The predicted molar refractivity (Wildman–Crippen MR) is 145 cm³/mol. The summed E-state index contributed by atoms with van der Waals surface area (Å²) in [5.41, 5.74) is 6.66. The van der Waals surface area contributed by atoms with Gasteiger partial charge in [0.25, 0.3) is 0 Å². The van der Waals surface area contributed by atoms with Crippen LogP contribution in [0.25, 0.3) is 16.1 Å². The van der Waals surface area contributed by atoms with Gasteiger partial charge < -0.3 is 4.74 Å². The number of Topliss-reactive ketones (excluding diaryl/α,β-unsaturated/α-hetero) is 1. The van der Waals surface area contributed by atoms with Crippen LogP contribution < -0.4 is 0 Å². The van der Waals surface area contributed by atoms with Crippen molar-refractivity contribution in [1.29, 1.82) is 0 Å². The highest BCUT2D eigenvalue weighted by atomic mass is 32.1. The van der Waals surface area contributed by atoms with Crippen LogP contribution >= 0.6 is 11.3 Å². The van der Waals surface area contributed by atoms with Crippen molar-refractivity contribution < 1.29 is 14.3 Å². The van der Waals surface area contributed by atoms with E-state index >= 15 is 0 Å². The molecule has 0 aliphatic carbocycles. The van der Waals surface area contributed by atoms with Gasteiger partial charge in [-0.15, -0.1) is 21.5 Å². The van der Waals surface area contributed by atoms with Gasteiger partial charge >= 0.3 is 5.97 Å². The van der Waals surface area contributed by atoms with Gasteiger partial charge in [-0.1, -0.05) is 49.4 Å². The second kappa shape index (κ2) is 9.86. The third-order valence-electron chi connectivity index (χ3n) is 6.82. The molecule has 188 valence electrons. The molecule has 0 radical (unpaired) electrons. The first-order valence-electron chi connectivity index (χ1n) is 12.2. The van der Waals surface area contributed by atoms with Crippen molar-refractivity contribution in [3.8, 4) is 16.1 Å². The molecule has 5 rings (SSSR count). The highest BCUT2D eigenvalue weighted by molar-refractivity contribution is 7.15. The van der Waals surface area contributed by atoms with Crippen LogP contribution in [0.5, 0.6) is 0 Å². The minimum Gasteiger partial charge on any atom is -0.469 e. The van der Waals surface area contributed by atoms with E-state index in [1.54, 1.807) is 11.3 Å². The van der Waals surface area contributed by atoms with E-state index in [-0.39, 0.29) is 18.2 Å². The zero-order chi connectivity index (χ0) is 26.3. The van der Waals surface area contributed by atoms with Crippen molar-refractivity contribution in [2.45, 2.75) is 46.6 Å². The fourth-order valence-electron chi connectivity index (χ4n) is 4.66. The van der Waals surface area contributed by atoms with Gasteiger partial charge in [-0.05, 0) is 43.5 Å². The number of methoxy groups -OCH3 is 1. The molecule has 1 aliphatic rings. The third kappa shape index (κ3) is 4.42. The molecule has 2 aromatic carbocycles. The lowest BCUT2D eigenvalue weighted by atomic mass is 9.96. The zero-order valence-corrected chi connectivity index (χ0v) is 22.3. The van der Waals surface area contributed by atoms with E-state index < -0.39 is 6.04 Å². The molecule has 37 heavy (non-hydrogen) atoms. The lowest BCUT2D eigenvalue weighted by Crippen LogP contribution is -2.12. The third-order valence-corrected chi connectivity index (χ3v) is 8.02. The Bertz CT molecular complexity index is 1550. The first-order valence-corrected chi connectivity index (χ1v) is 13.0. The van der Waals surface area contributed by atoms with E-state index in [4.69, 9.17) is 9.73 Å². The molecule has 8 heteroatoms. The predicted octanol–water partition coefficient (Wildman–Crippen LogP) is 5.97. The van der Waals surface area contributed by atoms with E-state index in [2.05, 4.69) is 24.0 Å². The fourth-order valence-corrected chi connectivity index (χ4v) is 5.88. The molecule has 7 nitrogen and oxygen atoms in total. The lowest BCUT2D eigenvalue weighted by Gasteiger charge is -2.12. The normalized spacial score (nSPS) is 14.4. The van der Waals surface area contributed by atoms with Gasteiger partial charge in [-0.2, -0.15) is 0 Å². The van der Waals surface area contributed by atoms with Crippen LogP contribution in [0.4, 0.5) is 0 Å². The molecule has 4 aromatic rings. The maximum Gasteiger partial charge on any atom is 0.308 e. The molecule has 0 fully saturated rings. The molecule has 1 aliphatic heterocycles. The number of aromatic nitrogens is 3. The number of aliphatic imine (C=N–C) groups is 1. The van der Waals surface area contributed by atoms with E-state index in [1.165, 1.54) is 12.0 Å². The number of ketones is 1. The van der Waals surface area contributed by atoms with E-state index in [0.29, 0.717) is 12.2 Å². The molecule has 0 saturated carbocycles. The maximum absolute atomic E-state index is 12.3. The standard InChI is InChI=1S/C29H28N4O3S/c1-6-24(34)22-9-7-8-21(14-22)19-10-12-20(13-11-19)27-26-16(2)17(3)37-29(26)33-18(4)31-32-28(33)23(30-27)15-25(35)36-5/h7-14,23H,6,15H2,1-5H3/t23-/m0/s1. The number of fused-ring (bicyclic) bond motifs is 3. The Morgan fingerprint density at radius 3 is 2.43 bits per heavy atom. The summed E-state index contributed by atoms with van der Waals surface area (Å²) >= 11 is 1.68. The Hall–Kier alpha value is -3.91. The van der Waals surface area contributed by atoms with Crippen molar-refractivity contribution in [1.82, 2.24) is 14.8 Å². The number of aryl methyl sites for hydroxylation is 2. The smallest absolute Gasteiger partial charge is 0.308 e. The number of hydrogen-bond acceptors (Lipinski definition) is 7. The molecule has 3 heterocycles. The van der Waals surface area contributed by atoms with Crippen LogP contribution in [-0.2, 0) is 9.53 Å². The second-order valence-electron chi connectivity index (χ2n) is 9.11. The number of thiophene rings is 1. The van der Waals surface area contributed by atoms with E-state index in [9.17, 15) is 9.59 Å². The Balaban J connectivity index is 1.63. The zero-order valence-electron chi connectivity index (χ0n) is 21.5. The number of carbonyl (C=O) groups is 2. The average molecular weight is 513 g/mol. The monoisotopic (exact) mass is 512 g/mol. The van der Waals surface area contributed by atoms with Gasteiger partial charge in [-0.3, -0.25) is 19.1 Å². The second-order valence-corrected chi connectivity index (χ2v) is 10.3. The summed E-state index contributed by atoms with van der Waals surface area (Å²) in [5, 5.41) is 9.72. The van der Waals surface area contributed by atoms with Crippen molar-refractivity contribution in [3.63, 3.8) is 0 Å². The number of benzene rings is 2. The molecule has 0 saturated heterocycles. The van der Waals surface area contributed by atoms with Crippen LogP contribution in [0.1, 0.15) is 69.4 Å².